The third kappa shape index (κ3) is 5.05. The Balaban J connectivity index is 2.38. The largest absolute Gasteiger partial charge is 0.638 e. The summed E-state index contributed by atoms with van der Waals surface area (Å²) < 4.78 is 33.1. The van der Waals surface area contributed by atoms with Crippen LogP contribution in [0.4, 0.5) is 0 Å². The van der Waals surface area contributed by atoms with Crippen LogP contribution < -0.4 is 5.46 Å². The molecule has 1 aromatic heterocycles. The average molecular weight is 397 g/mol. The van der Waals surface area contributed by atoms with Crippen molar-refractivity contribution in [3.8, 4) is 0 Å². The van der Waals surface area contributed by atoms with Gasteiger partial charge in [0.15, 0.2) is 0 Å². The quantitative estimate of drug-likeness (QED) is 0.630. The third-order valence-electron chi connectivity index (χ3n) is 4.71. The van der Waals surface area contributed by atoms with Gasteiger partial charge in [0.1, 0.15) is 0 Å². The summed E-state index contributed by atoms with van der Waals surface area (Å²) in [5.41, 5.74) is 0.162. The minimum Gasteiger partial charge on any atom is -0.399 e. The van der Waals surface area contributed by atoms with Crippen molar-refractivity contribution in [2.45, 2.75) is 98.8 Å². The van der Waals surface area contributed by atoms with Crippen LogP contribution in [0.25, 0.3) is 0 Å². The van der Waals surface area contributed by atoms with Crippen LogP contribution in [-0.4, -0.2) is 49.8 Å². The first-order valence-corrected chi connectivity index (χ1v) is 11.5. The van der Waals surface area contributed by atoms with Crippen molar-refractivity contribution in [3.63, 3.8) is 0 Å². The fraction of sp³-hybridized carbons (Fsp3) is 0.789. The Morgan fingerprint density at radius 1 is 0.852 bits per heavy atom. The van der Waals surface area contributed by atoms with Crippen molar-refractivity contribution in [1.29, 1.82) is 0 Å². The lowest BCUT2D eigenvalue weighted by Gasteiger charge is -2.34. The topological polar surface area (TPSA) is 51.1 Å². The van der Waals surface area contributed by atoms with E-state index in [1.165, 1.54) is 0 Å². The summed E-state index contributed by atoms with van der Waals surface area (Å²) >= 11 is 0. The highest BCUT2D eigenvalue weighted by molar-refractivity contribution is 6.63. The van der Waals surface area contributed by atoms with Gasteiger partial charge in [-0.05, 0) is 80.8 Å². The Morgan fingerprint density at radius 2 is 1.26 bits per heavy atom. The minimum atomic E-state index is -3.16. The number of nitrogens with zero attached hydrogens (tertiary/aromatic N) is 1. The van der Waals surface area contributed by atoms with Crippen molar-refractivity contribution in [2.24, 2.45) is 0 Å². The normalized spacial score (nSPS) is 19.7. The third-order valence-corrected chi connectivity index (χ3v) is 7.93. The molecule has 154 valence electrons. The highest BCUT2D eigenvalue weighted by Gasteiger charge is 2.53. The van der Waals surface area contributed by atoms with Crippen LogP contribution in [0.2, 0.25) is 0 Å². The van der Waals surface area contributed by atoms with E-state index in [0.29, 0.717) is 0 Å². The van der Waals surface area contributed by atoms with Crippen molar-refractivity contribution < 1.29 is 22.6 Å². The van der Waals surface area contributed by atoms with E-state index < -0.39 is 16.1 Å². The molecule has 8 heteroatoms. The highest BCUT2D eigenvalue weighted by Crippen LogP contribution is 2.36. The molecule has 1 aliphatic rings. The minimum absolute atomic E-state index is 0.0307. The van der Waals surface area contributed by atoms with E-state index in [1.807, 2.05) is 64.2 Å². The SMILES string of the molecule is CC(C)O[Si](OC(C)C)(OC(C)C)n1ccc(B2OC(C)(C)C(C)(C)O2)c1. The molecule has 0 aromatic carbocycles. The molecule has 0 N–H and O–H groups in total. The lowest BCUT2D eigenvalue weighted by atomic mass is 9.81. The Kier molecular flexibility index (Phi) is 6.72. The molecule has 1 saturated heterocycles. The zero-order valence-corrected chi connectivity index (χ0v) is 19.5. The molecule has 0 radical (unpaired) electrons. The van der Waals surface area contributed by atoms with Gasteiger partial charge in [0, 0.05) is 30.7 Å². The lowest BCUT2D eigenvalue weighted by molar-refractivity contribution is -0.00479. The van der Waals surface area contributed by atoms with Gasteiger partial charge in [-0.15, -0.1) is 0 Å². The van der Waals surface area contributed by atoms with Crippen LogP contribution in [0.1, 0.15) is 69.2 Å². The van der Waals surface area contributed by atoms with E-state index >= 15 is 0 Å². The molecule has 0 amide bonds. The summed E-state index contributed by atoms with van der Waals surface area (Å²) in [6.45, 7) is 20.2. The van der Waals surface area contributed by atoms with E-state index in [1.54, 1.807) is 0 Å². The molecular formula is C19H36BNO5Si. The monoisotopic (exact) mass is 397 g/mol. The predicted molar refractivity (Wildman–Crippen MR) is 110 cm³/mol. The fourth-order valence-corrected chi connectivity index (χ4v) is 5.74. The molecule has 1 aromatic rings. The van der Waals surface area contributed by atoms with Crippen LogP contribution in [-0.2, 0) is 22.6 Å². The van der Waals surface area contributed by atoms with Gasteiger partial charge in [-0.25, -0.2) is 0 Å². The highest BCUT2D eigenvalue weighted by atomic mass is 28.4. The van der Waals surface area contributed by atoms with E-state index in [0.717, 1.165) is 5.46 Å². The number of aromatic nitrogens is 1. The zero-order chi connectivity index (χ0) is 20.6. The summed E-state index contributed by atoms with van der Waals surface area (Å²) in [6.07, 6.45) is 3.83. The van der Waals surface area contributed by atoms with Crippen molar-refractivity contribution in [3.05, 3.63) is 18.5 Å². The molecule has 1 fully saturated rings. The molecule has 6 nitrogen and oxygen atoms in total. The number of hydrogen-bond acceptors (Lipinski definition) is 5. The molecule has 1 aliphatic heterocycles. The second-order valence-electron chi connectivity index (χ2n) is 8.96. The number of rotatable bonds is 8. The molecule has 0 bridgehead atoms. The molecule has 0 saturated carbocycles. The van der Waals surface area contributed by atoms with E-state index in [4.69, 9.17) is 22.6 Å². The molecule has 0 aliphatic carbocycles. The second-order valence-corrected chi connectivity index (χ2v) is 11.2. The van der Waals surface area contributed by atoms with Gasteiger partial charge < -0.3 is 26.8 Å². The molecule has 27 heavy (non-hydrogen) atoms. The maximum absolute atomic E-state index is 6.28. The summed E-state index contributed by atoms with van der Waals surface area (Å²) in [5.74, 6) is 0. The van der Waals surface area contributed by atoms with Gasteiger partial charge >= 0.3 is 16.1 Å². The standard InChI is InChI=1S/C19H36BNO5Si/c1-14(2)22-27(23-15(3)4,24-16(5)6)21-12-11-17(13-21)20-25-18(7,8)19(9,10)26-20/h11-16H,1-10H3. The molecular weight excluding hydrogens is 361 g/mol. The summed E-state index contributed by atoms with van der Waals surface area (Å²) in [5, 5.41) is 0. The van der Waals surface area contributed by atoms with Crippen LogP contribution in [0.5, 0.6) is 0 Å². The van der Waals surface area contributed by atoms with Gasteiger partial charge in [0.2, 0.25) is 0 Å². The van der Waals surface area contributed by atoms with Gasteiger partial charge in [-0.3, -0.25) is 0 Å². The first-order chi connectivity index (χ1) is 12.3. The van der Waals surface area contributed by atoms with E-state index in [-0.39, 0.29) is 29.5 Å². The smallest absolute Gasteiger partial charge is 0.399 e. The first-order valence-electron chi connectivity index (χ1n) is 9.85. The maximum Gasteiger partial charge on any atom is 0.638 e. The van der Waals surface area contributed by atoms with Crippen molar-refractivity contribution in [1.82, 2.24) is 4.23 Å². The fourth-order valence-electron chi connectivity index (χ4n) is 2.86. The molecule has 2 heterocycles. The van der Waals surface area contributed by atoms with Crippen LogP contribution in [0, 0.1) is 0 Å². The Bertz CT molecular complexity index is 587. The predicted octanol–water partition coefficient (Wildman–Crippen LogP) is 3.35. The summed E-state index contributed by atoms with van der Waals surface area (Å²) in [7, 11) is -3.59. The van der Waals surface area contributed by atoms with E-state index in [9.17, 15) is 0 Å². The molecule has 2 rings (SSSR count). The van der Waals surface area contributed by atoms with Crippen LogP contribution >= 0.6 is 0 Å². The van der Waals surface area contributed by atoms with Crippen molar-refractivity contribution >= 4 is 21.5 Å². The van der Waals surface area contributed by atoms with Gasteiger partial charge in [0.25, 0.3) is 0 Å². The Labute approximate surface area is 166 Å². The van der Waals surface area contributed by atoms with Gasteiger partial charge in [-0.2, -0.15) is 0 Å². The van der Waals surface area contributed by atoms with Gasteiger partial charge in [0.05, 0.1) is 11.2 Å². The second kappa shape index (κ2) is 8.01. The first kappa shape index (κ1) is 22.6. The molecule has 0 atom stereocenters. The average Bonchev–Trinajstić information content (AvgIpc) is 3.00. The molecule has 0 unspecified atom stereocenters. The van der Waals surface area contributed by atoms with Gasteiger partial charge in [-0.1, -0.05) is 0 Å². The molecule has 0 spiro atoms. The summed E-state index contributed by atoms with van der Waals surface area (Å²) in [6, 6.07) is 1.99. The summed E-state index contributed by atoms with van der Waals surface area (Å²) in [4.78, 5) is 0. The Morgan fingerprint density at radius 3 is 1.63 bits per heavy atom. The van der Waals surface area contributed by atoms with Crippen LogP contribution in [0.15, 0.2) is 18.5 Å². The Hall–Kier alpha value is -0.638. The van der Waals surface area contributed by atoms with Crippen molar-refractivity contribution in [2.75, 3.05) is 0 Å². The number of hydrogen-bond donors (Lipinski definition) is 0. The van der Waals surface area contributed by atoms with E-state index in [2.05, 4.69) is 27.7 Å². The van der Waals surface area contributed by atoms with Crippen LogP contribution in [0.3, 0.4) is 0 Å². The zero-order valence-electron chi connectivity index (χ0n) is 18.5. The maximum atomic E-state index is 6.28. The lowest BCUT2D eigenvalue weighted by Crippen LogP contribution is -2.56.